The van der Waals surface area contributed by atoms with Crippen LogP contribution in [0.2, 0.25) is 0 Å². The summed E-state index contributed by atoms with van der Waals surface area (Å²) in [6.45, 7) is 1.66. The molecule has 0 aromatic heterocycles. The minimum absolute atomic E-state index is 0.355. The van der Waals surface area contributed by atoms with Crippen molar-refractivity contribution in [1.82, 2.24) is 0 Å². The van der Waals surface area contributed by atoms with Gasteiger partial charge in [-0.3, -0.25) is 4.79 Å². The van der Waals surface area contributed by atoms with Crippen LogP contribution in [0.5, 0.6) is 0 Å². The van der Waals surface area contributed by atoms with Crippen LogP contribution in [0.3, 0.4) is 0 Å². The van der Waals surface area contributed by atoms with Crippen LogP contribution in [-0.4, -0.2) is 11.1 Å². The molecule has 0 aliphatic heterocycles. The number of rotatable bonds is 2. The van der Waals surface area contributed by atoms with E-state index in [1.165, 1.54) is 6.07 Å². The highest BCUT2D eigenvalue weighted by molar-refractivity contribution is 9.10. The molecule has 2 nitrogen and oxygen atoms in total. The first kappa shape index (κ1) is 10.6. The molecule has 1 saturated carbocycles. The number of carbonyl (C=O) groups is 1. The Labute approximate surface area is 95.2 Å². The van der Waals surface area contributed by atoms with E-state index in [1.54, 1.807) is 13.0 Å². The van der Waals surface area contributed by atoms with Gasteiger partial charge in [-0.2, -0.15) is 0 Å². The average molecular weight is 273 g/mol. The fraction of sp³-hybridized carbons (Fsp3) is 0.364. The molecule has 0 amide bonds. The molecule has 0 unspecified atom stereocenters. The molecule has 0 saturated heterocycles. The predicted octanol–water partition coefficient (Wildman–Crippen LogP) is 3.01. The van der Waals surface area contributed by atoms with Gasteiger partial charge in [-0.25, -0.2) is 4.39 Å². The minimum Gasteiger partial charge on any atom is -0.481 e. The van der Waals surface area contributed by atoms with E-state index in [2.05, 4.69) is 15.9 Å². The molecule has 0 radical (unpaired) electrons. The van der Waals surface area contributed by atoms with Crippen LogP contribution in [0.1, 0.15) is 24.0 Å². The smallest absolute Gasteiger partial charge is 0.314 e. The molecular weight excluding hydrogens is 263 g/mol. The third kappa shape index (κ3) is 1.57. The molecule has 1 aliphatic rings. The van der Waals surface area contributed by atoms with Gasteiger partial charge in [-0.1, -0.05) is 15.9 Å². The molecule has 1 aliphatic carbocycles. The van der Waals surface area contributed by atoms with Crippen LogP contribution >= 0.6 is 15.9 Å². The van der Waals surface area contributed by atoms with E-state index in [4.69, 9.17) is 5.11 Å². The molecule has 1 aromatic rings. The molecule has 0 spiro atoms. The average Bonchev–Trinajstić information content (AvgIpc) is 2.93. The number of carboxylic acids is 1. The van der Waals surface area contributed by atoms with Gasteiger partial charge in [0.05, 0.1) is 5.41 Å². The summed E-state index contributed by atoms with van der Waals surface area (Å²) < 4.78 is 14.1. The highest BCUT2D eigenvalue weighted by Crippen LogP contribution is 2.49. The Kier molecular flexibility index (Phi) is 2.34. The van der Waals surface area contributed by atoms with Gasteiger partial charge in [-0.15, -0.1) is 0 Å². The second-order valence-electron chi connectivity index (χ2n) is 3.95. The Bertz CT molecular complexity index is 415. The van der Waals surface area contributed by atoms with Crippen molar-refractivity contribution in [2.24, 2.45) is 0 Å². The van der Waals surface area contributed by atoms with Crippen molar-refractivity contribution in [2.45, 2.75) is 25.2 Å². The van der Waals surface area contributed by atoms with Gasteiger partial charge >= 0.3 is 5.97 Å². The fourth-order valence-electron chi connectivity index (χ4n) is 1.67. The van der Waals surface area contributed by atoms with Crippen molar-refractivity contribution in [3.05, 3.63) is 33.5 Å². The highest BCUT2D eigenvalue weighted by Gasteiger charge is 2.52. The Morgan fingerprint density at radius 3 is 2.53 bits per heavy atom. The second-order valence-corrected chi connectivity index (χ2v) is 4.81. The third-order valence-electron chi connectivity index (χ3n) is 2.99. The normalized spacial score (nSPS) is 17.5. The molecule has 2 rings (SSSR count). The lowest BCUT2D eigenvalue weighted by Crippen LogP contribution is -2.19. The number of hydrogen-bond acceptors (Lipinski definition) is 1. The second kappa shape index (κ2) is 3.30. The molecule has 1 aromatic carbocycles. The van der Waals surface area contributed by atoms with Crippen molar-refractivity contribution < 1.29 is 14.3 Å². The summed E-state index contributed by atoms with van der Waals surface area (Å²) in [5.74, 6) is -1.22. The van der Waals surface area contributed by atoms with Gasteiger partial charge in [-0.05, 0) is 43.0 Å². The van der Waals surface area contributed by atoms with Crippen LogP contribution in [0, 0.1) is 12.7 Å². The van der Waals surface area contributed by atoms with Crippen molar-refractivity contribution in [1.29, 1.82) is 0 Å². The monoisotopic (exact) mass is 272 g/mol. The molecule has 1 N–H and O–H groups in total. The van der Waals surface area contributed by atoms with Gasteiger partial charge in [0.1, 0.15) is 5.82 Å². The molecule has 0 bridgehead atoms. The summed E-state index contributed by atoms with van der Waals surface area (Å²) in [6, 6.07) is 3.04. The minimum atomic E-state index is -0.863. The lowest BCUT2D eigenvalue weighted by atomic mass is 9.95. The van der Waals surface area contributed by atoms with Gasteiger partial charge in [0, 0.05) is 4.47 Å². The lowest BCUT2D eigenvalue weighted by molar-refractivity contribution is -0.140. The number of hydrogen-bond donors (Lipinski definition) is 1. The van der Waals surface area contributed by atoms with Crippen molar-refractivity contribution in [3.8, 4) is 0 Å². The van der Waals surface area contributed by atoms with Crippen LogP contribution in [0.15, 0.2) is 16.6 Å². The van der Waals surface area contributed by atoms with E-state index in [0.717, 1.165) is 0 Å². The summed E-state index contributed by atoms with van der Waals surface area (Å²) in [6.07, 6.45) is 1.19. The van der Waals surface area contributed by atoms with Crippen LogP contribution in [-0.2, 0) is 10.2 Å². The van der Waals surface area contributed by atoms with E-state index in [9.17, 15) is 9.18 Å². The van der Waals surface area contributed by atoms with E-state index >= 15 is 0 Å². The van der Waals surface area contributed by atoms with Crippen LogP contribution in [0.4, 0.5) is 4.39 Å². The summed E-state index contributed by atoms with van der Waals surface area (Å²) in [5.41, 5.74) is 0.238. The number of benzene rings is 1. The standard InChI is InChI=1S/C11H10BrFO2/c1-6-8(12)4-7(5-9(6)13)11(2-3-11)10(14)15/h4-5H,2-3H2,1H3,(H,14,15). The maximum atomic E-state index is 13.4. The SMILES string of the molecule is Cc1c(F)cc(C2(C(=O)O)CC2)cc1Br. The molecule has 0 heterocycles. The van der Waals surface area contributed by atoms with Gasteiger partial charge in [0.25, 0.3) is 0 Å². The fourth-order valence-corrected chi connectivity index (χ4v) is 2.11. The lowest BCUT2D eigenvalue weighted by Gasteiger charge is -2.12. The quantitative estimate of drug-likeness (QED) is 0.899. The number of carboxylic acid groups (broad SMARTS) is 1. The summed E-state index contributed by atoms with van der Waals surface area (Å²) in [7, 11) is 0. The molecule has 4 heteroatoms. The zero-order valence-electron chi connectivity index (χ0n) is 8.18. The summed E-state index contributed by atoms with van der Waals surface area (Å²) in [4.78, 5) is 11.1. The largest absolute Gasteiger partial charge is 0.481 e. The van der Waals surface area contributed by atoms with E-state index in [0.29, 0.717) is 28.4 Å². The third-order valence-corrected chi connectivity index (χ3v) is 3.82. The first-order valence-electron chi connectivity index (χ1n) is 4.67. The van der Waals surface area contributed by atoms with Crippen molar-refractivity contribution in [3.63, 3.8) is 0 Å². The van der Waals surface area contributed by atoms with Gasteiger partial charge in [0.2, 0.25) is 0 Å². The van der Waals surface area contributed by atoms with E-state index in [-0.39, 0.29) is 5.82 Å². The van der Waals surface area contributed by atoms with Gasteiger partial charge < -0.3 is 5.11 Å². The number of halogens is 2. The molecule has 80 valence electrons. The van der Waals surface area contributed by atoms with E-state index < -0.39 is 11.4 Å². The molecule has 15 heavy (non-hydrogen) atoms. The Morgan fingerprint density at radius 2 is 2.13 bits per heavy atom. The predicted molar refractivity (Wildman–Crippen MR) is 57.4 cm³/mol. The van der Waals surface area contributed by atoms with Crippen LogP contribution < -0.4 is 0 Å². The molecular formula is C11H10BrFO2. The number of aliphatic carboxylic acids is 1. The summed E-state index contributed by atoms with van der Waals surface area (Å²) in [5, 5.41) is 9.07. The molecule has 0 atom stereocenters. The maximum Gasteiger partial charge on any atom is 0.314 e. The van der Waals surface area contributed by atoms with Gasteiger partial charge in [0.15, 0.2) is 0 Å². The van der Waals surface area contributed by atoms with Crippen molar-refractivity contribution in [2.75, 3.05) is 0 Å². The zero-order chi connectivity index (χ0) is 11.2. The Morgan fingerprint density at radius 1 is 1.53 bits per heavy atom. The topological polar surface area (TPSA) is 37.3 Å². The van der Waals surface area contributed by atoms with E-state index in [1.807, 2.05) is 0 Å². The van der Waals surface area contributed by atoms with Crippen molar-refractivity contribution >= 4 is 21.9 Å². The first-order valence-corrected chi connectivity index (χ1v) is 5.46. The highest BCUT2D eigenvalue weighted by atomic mass is 79.9. The van der Waals surface area contributed by atoms with Crippen LogP contribution in [0.25, 0.3) is 0 Å². The Hall–Kier alpha value is -0.900. The first-order chi connectivity index (χ1) is 6.97. The summed E-state index contributed by atoms with van der Waals surface area (Å²) >= 11 is 3.23. The maximum absolute atomic E-state index is 13.4. The zero-order valence-corrected chi connectivity index (χ0v) is 9.77. The Balaban J connectivity index is 2.51. The molecule has 1 fully saturated rings.